The summed E-state index contributed by atoms with van der Waals surface area (Å²) in [5.74, 6) is 1.54. The Labute approximate surface area is 172 Å². The Hall–Kier alpha value is -2.03. The highest BCUT2D eigenvalue weighted by Crippen LogP contribution is 2.44. The first-order valence-electron chi connectivity index (χ1n) is 9.28. The molecule has 0 heterocycles. The van der Waals surface area contributed by atoms with Crippen LogP contribution in [0.25, 0.3) is 16.3 Å². The Balaban J connectivity index is 1.70. The van der Waals surface area contributed by atoms with Crippen molar-refractivity contribution in [1.29, 1.82) is 0 Å². The van der Waals surface area contributed by atoms with Gasteiger partial charge in [-0.2, -0.15) is 0 Å². The number of aryl methyl sites for hydroxylation is 1. The quantitative estimate of drug-likeness (QED) is 0.393. The summed E-state index contributed by atoms with van der Waals surface area (Å²) in [6.07, 6.45) is 9.15. The van der Waals surface area contributed by atoms with E-state index in [9.17, 15) is 0 Å². The third-order valence-corrected chi connectivity index (χ3v) is 6.78. The van der Waals surface area contributed by atoms with E-state index in [0.29, 0.717) is 10.8 Å². The van der Waals surface area contributed by atoms with Crippen LogP contribution in [0.5, 0.6) is 11.5 Å². The number of fused-ring (bicyclic) bond motifs is 4. The van der Waals surface area contributed by atoms with Crippen LogP contribution in [0, 0.1) is 0 Å². The normalized spacial score (nSPS) is 15.6. The smallest absolute Gasteiger partial charge is 0.147 e. The maximum absolute atomic E-state index is 6.44. The fourth-order valence-electron chi connectivity index (χ4n) is 4.22. The summed E-state index contributed by atoms with van der Waals surface area (Å²) in [6, 6.07) is 16.5. The first kappa shape index (κ1) is 17.1. The maximum atomic E-state index is 6.44. The molecule has 0 N–H and O–H groups in total. The molecule has 0 bridgehead atoms. The lowest BCUT2D eigenvalue weighted by Crippen LogP contribution is -2.07. The van der Waals surface area contributed by atoms with Gasteiger partial charge in [-0.05, 0) is 81.9 Å². The van der Waals surface area contributed by atoms with Crippen molar-refractivity contribution in [2.24, 2.45) is 0 Å². The molecule has 3 heteroatoms. The second kappa shape index (κ2) is 6.85. The zero-order chi connectivity index (χ0) is 18.4. The average molecular weight is 438 g/mol. The summed E-state index contributed by atoms with van der Waals surface area (Å²) in [6.45, 7) is 0. The lowest BCUT2D eigenvalue weighted by molar-refractivity contribution is 0.488. The van der Waals surface area contributed by atoms with Gasteiger partial charge in [0.25, 0.3) is 0 Å². The molecule has 1 nitrogen and oxygen atoms in total. The van der Waals surface area contributed by atoms with E-state index in [2.05, 4.69) is 46.3 Å². The van der Waals surface area contributed by atoms with E-state index in [0.717, 1.165) is 29.5 Å². The van der Waals surface area contributed by atoms with Gasteiger partial charge in [0.05, 0.1) is 5.02 Å². The minimum Gasteiger partial charge on any atom is -0.455 e. The predicted octanol–water partition coefficient (Wildman–Crippen LogP) is 8.10. The zero-order valence-corrected chi connectivity index (χ0v) is 17.1. The van der Waals surface area contributed by atoms with Crippen LogP contribution < -0.4 is 4.74 Å². The lowest BCUT2D eigenvalue weighted by Gasteiger charge is -2.26. The Morgan fingerprint density at radius 2 is 1.74 bits per heavy atom. The SMILES string of the molecule is Clc1c(Br)cccc1Oc1cccc2ccc3c(c12)CCC1=C3C=CCC1. The fourth-order valence-corrected chi connectivity index (χ4v) is 4.74. The molecule has 0 fully saturated rings. The van der Waals surface area contributed by atoms with Crippen molar-refractivity contribution in [2.75, 3.05) is 0 Å². The summed E-state index contributed by atoms with van der Waals surface area (Å²) in [4.78, 5) is 0. The Morgan fingerprint density at radius 3 is 2.67 bits per heavy atom. The second-order valence-electron chi connectivity index (χ2n) is 7.06. The molecular formula is C24H18BrClO. The Kier molecular flexibility index (Phi) is 4.34. The number of allylic oxidation sites excluding steroid dienone is 4. The van der Waals surface area contributed by atoms with Gasteiger partial charge in [-0.15, -0.1) is 0 Å². The van der Waals surface area contributed by atoms with Crippen LogP contribution in [0.15, 0.2) is 70.7 Å². The minimum absolute atomic E-state index is 0.597. The summed E-state index contributed by atoms with van der Waals surface area (Å²) in [5, 5.41) is 3.01. The molecule has 0 saturated carbocycles. The number of benzene rings is 3. The van der Waals surface area contributed by atoms with Crippen LogP contribution in [0.2, 0.25) is 5.02 Å². The van der Waals surface area contributed by atoms with Gasteiger partial charge in [0.2, 0.25) is 0 Å². The van der Waals surface area contributed by atoms with Crippen LogP contribution in [0.3, 0.4) is 0 Å². The van der Waals surface area contributed by atoms with Gasteiger partial charge < -0.3 is 4.74 Å². The van der Waals surface area contributed by atoms with Crippen LogP contribution in [0.4, 0.5) is 0 Å². The monoisotopic (exact) mass is 436 g/mol. The van der Waals surface area contributed by atoms with Gasteiger partial charge >= 0.3 is 0 Å². The van der Waals surface area contributed by atoms with Crippen molar-refractivity contribution >= 4 is 43.9 Å². The summed E-state index contributed by atoms with van der Waals surface area (Å²) < 4.78 is 7.15. The molecule has 0 aliphatic heterocycles. The van der Waals surface area contributed by atoms with Gasteiger partial charge in [0.15, 0.2) is 0 Å². The van der Waals surface area contributed by atoms with Gasteiger partial charge in [-0.25, -0.2) is 0 Å². The molecule has 2 aliphatic rings. The van der Waals surface area contributed by atoms with Gasteiger partial charge in [0, 0.05) is 9.86 Å². The second-order valence-corrected chi connectivity index (χ2v) is 8.29. The zero-order valence-electron chi connectivity index (χ0n) is 14.8. The molecule has 2 aliphatic carbocycles. The first-order valence-corrected chi connectivity index (χ1v) is 10.4. The highest BCUT2D eigenvalue weighted by molar-refractivity contribution is 9.10. The van der Waals surface area contributed by atoms with E-state index in [1.54, 1.807) is 5.57 Å². The van der Waals surface area contributed by atoms with Crippen LogP contribution in [0.1, 0.15) is 30.4 Å². The topological polar surface area (TPSA) is 9.23 Å². The fraction of sp³-hybridized carbons (Fsp3) is 0.167. The van der Waals surface area contributed by atoms with Gasteiger partial charge in [-0.3, -0.25) is 0 Å². The first-order chi connectivity index (χ1) is 13.2. The minimum atomic E-state index is 0.597. The molecule has 5 rings (SSSR count). The largest absolute Gasteiger partial charge is 0.455 e. The van der Waals surface area contributed by atoms with Crippen molar-refractivity contribution < 1.29 is 4.74 Å². The standard InChI is InChI=1S/C24H18BrClO/c25-20-8-4-10-22(24(20)26)27-21-9-3-6-16-12-13-18-17-7-2-1-5-15(17)11-14-19(18)23(16)21/h2-4,6-10,12-13H,1,5,11,14H2. The van der Waals surface area contributed by atoms with Crippen molar-refractivity contribution in [3.05, 3.63) is 86.9 Å². The molecule has 0 atom stereocenters. The van der Waals surface area contributed by atoms with E-state index in [1.807, 2.05) is 30.3 Å². The van der Waals surface area contributed by atoms with Crippen LogP contribution >= 0.6 is 27.5 Å². The molecule has 0 amide bonds. The number of halogens is 2. The summed E-state index contributed by atoms with van der Waals surface area (Å²) in [5.41, 5.74) is 5.76. The lowest BCUT2D eigenvalue weighted by atomic mass is 9.79. The van der Waals surface area contributed by atoms with E-state index >= 15 is 0 Å². The number of hydrogen-bond donors (Lipinski definition) is 0. The molecule has 3 aromatic rings. The van der Waals surface area contributed by atoms with Crippen molar-refractivity contribution in [3.63, 3.8) is 0 Å². The van der Waals surface area contributed by atoms with E-state index in [4.69, 9.17) is 16.3 Å². The van der Waals surface area contributed by atoms with Crippen LogP contribution in [-0.2, 0) is 6.42 Å². The van der Waals surface area contributed by atoms with E-state index in [-0.39, 0.29) is 0 Å². The highest BCUT2D eigenvalue weighted by atomic mass is 79.9. The summed E-state index contributed by atoms with van der Waals surface area (Å²) >= 11 is 9.92. The third-order valence-electron chi connectivity index (χ3n) is 5.50. The Morgan fingerprint density at radius 1 is 0.889 bits per heavy atom. The summed E-state index contributed by atoms with van der Waals surface area (Å²) in [7, 11) is 0. The van der Waals surface area contributed by atoms with Gasteiger partial charge in [-0.1, -0.05) is 59.7 Å². The number of rotatable bonds is 2. The molecular weight excluding hydrogens is 420 g/mol. The average Bonchev–Trinajstić information content (AvgIpc) is 2.71. The molecule has 0 radical (unpaired) electrons. The number of ether oxygens (including phenoxy) is 1. The van der Waals surface area contributed by atoms with E-state index < -0.39 is 0 Å². The molecule has 27 heavy (non-hydrogen) atoms. The molecule has 0 unspecified atom stereocenters. The maximum Gasteiger partial charge on any atom is 0.147 e. The van der Waals surface area contributed by atoms with Crippen LogP contribution in [-0.4, -0.2) is 0 Å². The van der Waals surface area contributed by atoms with Crippen molar-refractivity contribution in [1.82, 2.24) is 0 Å². The number of hydrogen-bond acceptors (Lipinski definition) is 1. The highest BCUT2D eigenvalue weighted by Gasteiger charge is 2.22. The van der Waals surface area contributed by atoms with E-state index in [1.165, 1.54) is 33.9 Å². The molecule has 0 aromatic heterocycles. The third kappa shape index (κ3) is 2.92. The molecule has 3 aromatic carbocycles. The molecule has 0 spiro atoms. The Bertz CT molecular complexity index is 1130. The van der Waals surface area contributed by atoms with Crippen molar-refractivity contribution in [2.45, 2.75) is 25.7 Å². The van der Waals surface area contributed by atoms with Gasteiger partial charge in [0.1, 0.15) is 11.5 Å². The van der Waals surface area contributed by atoms with Crippen molar-refractivity contribution in [3.8, 4) is 11.5 Å². The molecule has 0 saturated heterocycles. The molecule has 134 valence electrons. The predicted molar refractivity (Wildman–Crippen MR) is 117 cm³/mol.